The molecule has 3 heterocycles. The molecule has 3 aromatic rings. The number of nitrogens with zero attached hydrogens (tertiary/aromatic N) is 7. The first-order valence-electron chi connectivity index (χ1n) is 9.68. The van der Waals surface area contributed by atoms with Gasteiger partial charge in [0.1, 0.15) is 20.0 Å². The van der Waals surface area contributed by atoms with Crippen LogP contribution in [0.3, 0.4) is 0 Å². The summed E-state index contributed by atoms with van der Waals surface area (Å²) >= 11 is 1.10. The molecule has 1 aliphatic rings. The van der Waals surface area contributed by atoms with E-state index in [1.54, 1.807) is 28.8 Å². The average molecular weight is 484 g/mol. The molecule has 12 nitrogen and oxygen atoms in total. The van der Waals surface area contributed by atoms with Gasteiger partial charge in [-0.15, -0.1) is 0 Å². The van der Waals surface area contributed by atoms with Crippen molar-refractivity contribution in [3.8, 4) is 0 Å². The van der Waals surface area contributed by atoms with Gasteiger partial charge in [-0.05, 0) is 17.7 Å². The number of nitrogens with one attached hydrogen (secondary N) is 1. The summed E-state index contributed by atoms with van der Waals surface area (Å²) in [5.41, 5.74) is 10.3. The predicted octanol–water partition coefficient (Wildman–Crippen LogP) is 3.01. The third-order valence-electron chi connectivity index (χ3n) is 5.01. The van der Waals surface area contributed by atoms with Crippen LogP contribution in [0.25, 0.3) is 21.6 Å². The minimum Gasteiger partial charge on any atom is -0.376 e. The molecule has 1 saturated heterocycles. The van der Waals surface area contributed by atoms with Crippen molar-refractivity contribution >= 4 is 49.8 Å². The van der Waals surface area contributed by atoms with Gasteiger partial charge in [0, 0.05) is 29.2 Å². The van der Waals surface area contributed by atoms with Gasteiger partial charge in [0.2, 0.25) is 0 Å². The molecule has 2 aromatic heterocycles. The van der Waals surface area contributed by atoms with E-state index in [2.05, 4.69) is 30.3 Å². The molecule has 5 unspecified atom stereocenters. The number of carbonyl (C=O) groups excluding carboxylic acids is 1. The van der Waals surface area contributed by atoms with Crippen LogP contribution in [0, 0.1) is 0 Å². The normalized spacial score (nSPS) is 22.6. The number of rotatable bonds is 9. The van der Waals surface area contributed by atoms with Crippen LogP contribution >= 0.6 is 19.3 Å². The van der Waals surface area contributed by atoms with Gasteiger partial charge in [0.05, 0.1) is 25.1 Å². The summed E-state index contributed by atoms with van der Waals surface area (Å²) in [4.78, 5) is 28.4. The molecule has 2 radical (unpaired) electrons. The molecule has 1 N–H and O–H groups in total. The lowest BCUT2D eigenvalue weighted by molar-refractivity contribution is -0.0545. The molecule has 1 amide bonds. The number of anilines is 1. The predicted molar refractivity (Wildman–Crippen MR) is 125 cm³/mol. The number of ether oxygens (including phenoxy) is 2. The second-order valence-corrected chi connectivity index (χ2v) is 8.66. The fourth-order valence-corrected chi connectivity index (χ4v) is 4.25. The van der Waals surface area contributed by atoms with E-state index in [0.29, 0.717) is 16.7 Å². The maximum absolute atomic E-state index is 12.6. The zero-order valence-corrected chi connectivity index (χ0v) is 19.1. The van der Waals surface area contributed by atoms with Gasteiger partial charge in [-0.3, -0.25) is 9.36 Å². The molecule has 1 aromatic carbocycles. The van der Waals surface area contributed by atoms with Gasteiger partial charge in [0.15, 0.2) is 23.2 Å². The molecule has 15 heteroatoms. The van der Waals surface area contributed by atoms with E-state index in [0.717, 1.165) is 11.7 Å². The summed E-state index contributed by atoms with van der Waals surface area (Å²) in [6, 6.07) is 8.12. The SMILES string of the molecule is [B]PSOCC1OC(n2cnc3c(NC(=O)c4ccccc4)ncnc32)C(OC)C1N=[N+]=[N-]. The fraction of sp³-hybridized carbons (Fsp3) is 0.333. The maximum atomic E-state index is 12.6. The molecular weight excluding hydrogens is 466 g/mol. The Morgan fingerprint density at radius 2 is 2.21 bits per heavy atom. The highest BCUT2D eigenvalue weighted by molar-refractivity contribution is 8.53. The van der Waals surface area contributed by atoms with E-state index in [1.807, 2.05) is 6.07 Å². The quantitative estimate of drug-likeness (QED) is 0.0927. The first kappa shape index (κ1) is 23.4. The smallest absolute Gasteiger partial charge is 0.256 e. The van der Waals surface area contributed by atoms with E-state index in [1.165, 1.54) is 19.8 Å². The van der Waals surface area contributed by atoms with Crippen molar-refractivity contribution in [1.29, 1.82) is 0 Å². The van der Waals surface area contributed by atoms with Crippen molar-refractivity contribution in [2.75, 3.05) is 19.0 Å². The number of amides is 1. The standard InChI is InChI=1S/C18H18BN8O4PS/c1-29-14-12(25-26-20)11(7-30-33-32-19)31-18(14)27-9-23-13-15(21-8-22-16(13)27)24-17(28)10-5-3-2-4-6-10/h2-6,8-9,11-12,14,18,32H,7H2,1H3,(H,21,22,24,28). The third kappa shape index (κ3) is 4.96. The monoisotopic (exact) mass is 484 g/mol. The Morgan fingerprint density at radius 1 is 1.39 bits per heavy atom. The van der Waals surface area contributed by atoms with Crippen LogP contribution in [-0.2, 0) is 13.7 Å². The van der Waals surface area contributed by atoms with Gasteiger partial charge in [0.25, 0.3) is 5.91 Å². The number of benzene rings is 1. The molecular formula is C18H18BN8O4PS. The Kier molecular flexibility index (Phi) is 7.76. The summed E-state index contributed by atoms with van der Waals surface area (Å²) in [5, 5.41) is 6.62. The minimum absolute atomic E-state index is 0.0496. The second kappa shape index (κ2) is 10.9. The number of fused-ring (bicyclic) bond motifs is 1. The largest absolute Gasteiger partial charge is 0.376 e. The van der Waals surface area contributed by atoms with Crippen LogP contribution in [0.1, 0.15) is 16.6 Å². The van der Waals surface area contributed by atoms with E-state index in [4.69, 9.17) is 26.8 Å². The lowest BCUT2D eigenvalue weighted by atomic mass is 10.1. The first-order valence-corrected chi connectivity index (χ1v) is 12.2. The topological polar surface area (TPSA) is 149 Å². The summed E-state index contributed by atoms with van der Waals surface area (Å²) in [6.45, 7) is 0.148. The van der Waals surface area contributed by atoms with E-state index in [-0.39, 0.29) is 26.0 Å². The van der Waals surface area contributed by atoms with Crippen molar-refractivity contribution in [3.63, 3.8) is 0 Å². The Labute approximate surface area is 195 Å². The van der Waals surface area contributed by atoms with Crippen LogP contribution in [0.5, 0.6) is 0 Å². The molecule has 168 valence electrons. The van der Waals surface area contributed by atoms with Crippen LogP contribution in [0.2, 0.25) is 0 Å². The summed E-state index contributed by atoms with van der Waals surface area (Å²) in [6.07, 6.45) is 0.927. The molecule has 0 bridgehead atoms. The first-order chi connectivity index (χ1) is 16.2. The van der Waals surface area contributed by atoms with Crippen molar-refractivity contribution < 1.29 is 18.5 Å². The fourth-order valence-electron chi connectivity index (χ4n) is 3.57. The van der Waals surface area contributed by atoms with Crippen LogP contribution in [0.4, 0.5) is 5.82 Å². The molecule has 0 aliphatic carbocycles. The Balaban J connectivity index is 1.63. The highest BCUT2D eigenvalue weighted by atomic mass is 32.7. The Morgan fingerprint density at radius 3 is 2.94 bits per heavy atom. The number of methoxy groups -OCH3 is 1. The lowest BCUT2D eigenvalue weighted by Gasteiger charge is -2.20. The van der Waals surface area contributed by atoms with E-state index >= 15 is 0 Å². The average Bonchev–Trinajstić information content (AvgIpc) is 3.42. The van der Waals surface area contributed by atoms with Crippen LogP contribution in [0.15, 0.2) is 48.1 Å². The van der Waals surface area contributed by atoms with Gasteiger partial charge < -0.3 is 19.0 Å². The van der Waals surface area contributed by atoms with Crippen LogP contribution < -0.4 is 5.32 Å². The molecule has 1 fully saturated rings. The summed E-state index contributed by atoms with van der Waals surface area (Å²) in [7, 11) is 7.02. The minimum atomic E-state index is -0.706. The van der Waals surface area contributed by atoms with Crippen molar-refractivity contribution in [3.05, 3.63) is 59.0 Å². The zero-order chi connectivity index (χ0) is 23.2. The van der Waals surface area contributed by atoms with Crippen LogP contribution in [-0.4, -0.2) is 65.0 Å². The third-order valence-corrected chi connectivity index (χ3v) is 6.00. The van der Waals surface area contributed by atoms with E-state index < -0.39 is 24.5 Å². The Hall–Kier alpha value is -2.73. The molecule has 0 saturated carbocycles. The Bertz CT molecular complexity index is 1160. The molecule has 0 spiro atoms. The van der Waals surface area contributed by atoms with Crippen molar-refractivity contribution in [2.24, 2.45) is 5.11 Å². The maximum Gasteiger partial charge on any atom is 0.256 e. The van der Waals surface area contributed by atoms with Crippen molar-refractivity contribution in [1.82, 2.24) is 19.5 Å². The van der Waals surface area contributed by atoms with Crippen molar-refractivity contribution in [2.45, 2.75) is 24.5 Å². The van der Waals surface area contributed by atoms with Gasteiger partial charge in [-0.2, -0.15) is 0 Å². The number of carbonyl (C=O) groups is 1. The molecule has 33 heavy (non-hydrogen) atoms. The number of aromatic nitrogens is 4. The molecule has 1 aliphatic heterocycles. The zero-order valence-electron chi connectivity index (χ0n) is 17.3. The number of hydrogen-bond donors (Lipinski definition) is 1. The lowest BCUT2D eigenvalue weighted by Crippen LogP contribution is -2.33. The summed E-state index contributed by atoms with van der Waals surface area (Å²) < 4.78 is 18.8. The molecule has 5 atom stereocenters. The second-order valence-electron chi connectivity index (χ2n) is 6.81. The van der Waals surface area contributed by atoms with E-state index in [9.17, 15) is 4.79 Å². The van der Waals surface area contributed by atoms with Gasteiger partial charge >= 0.3 is 0 Å². The highest BCUT2D eigenvalue weighted by Gasteiger charge is 2.46. The van der Waals surface area contributed by atoms with Gasteiger partial charge in [-0.25, -0.2) is 15.0 Å². The highest BCUT2D eigenvalue weighted by Crippen LogP contribution is 2.37. The number of imidazole rings is 1. The number of hydrogen-bond acceptors (Lipinski definition) is 9. The molecule has 4 rings (SSSR count). The summed E-state index contributed by atoms with van der Waals surface area (Å²) in [5.74, 6) is -0.0674. The number of azide groups is 1. The van der Waals surface area contributed by atoms with Gasteiger partial charge in [-0.1, -0.05) is 31.0 Å².